The lowest BCUT2D eigenvalue weighted by atomic mass is 10.3. The van der Waals surface area contributed by atoms with E-state index in [1.807, 2.05) is 31.2 Å². The maximum Gasteiger partial charge on any atom is 0.185 e. The van der Waals surface area contributed by atoms with E-state index in [4.69, 9.17) is 9.97 Å². The molecule has 0 spiro atoms. The molecule has 1 aliphatic rings. The predicted octanol–water partition coefficient (Wildman–Crippen LogP) is 1.53. The Bertz CT molecular complexity index is 1070. The Balaban J connectivity index is 1.63. The first-order valence-corrected chi connectivity index (χ1v) is 8.71. The first kappa shape index (κ1) is 15.2. The summed E-state index contributed by atoms with van der Waals surface area (Å²) in [5.74, 6) is 3.09. The highest BCUT2D eigenvalue weighted by molar-refractivity contribution is 5.74. The summed E-state index contributed by atoms with van der Waals surface area (Å²) >= 11 is 0. The summed E-state index contributed by atoms with van der Waals surface area (Å²) in [6.45, 7) is 4.67. The molecule has 0 fully saturated rings. The fourth-order valence-corrected chi connectivity index (χ4v) is 3.27. The van der Waals surface area contributed by atoms with Crippen molar-refractivity contribution in [3.8, 4) is 17.3 Å². The van der Waals surface area contributed by atoms with Gasteiger partial charge in [-0.05, 0) is 19.1 Å². The number of hydrogen-bond acceptors (Lipinski definition) is 6. The average molecular weight is 346 g/mol. The minimum atomic E-state index is 0.643. The molecule has 0 unspecified atom stereocenters. The summed E-state index contributed by atoms with van der Waals surface area (Å²) in [7, 11) is 0. The molecular formula is C18H18N8. The number of aryl methyl sites for hydroxylation is 1. The number of hydrogen-bond donors (Lipinski definition) is 1. The Morgan fingerprint density at radius 1 is 1.04 bits per heavy atom. The van der Waals surface area contributed by atoms with Gasteiger partial charge < -0.3 is 9.88 Å². The highest BCUT2D eigenvalue weighted by atomic mass is 15.4. The zero-order chi connectivity index (χ0) is 17.5. The van der Waals surface area contributed by atoms with Crippen LogP contribution in [0, 0.1) is 6.92 Å². The molecule has 0 bridgehead atoms. The monoisotopic (exact) mass is 346 g/mol. The Kier molecular flexibility index (Phi) is 3.49. The first-order valence-electron chi connectivity index (χ1n) is 8.71. The van der Waals surface area contributed by atoms with E-state index >= 15 is 0 Å². The van der Waals surface area contributed by atoms with E-state index < -0.39 is 0 Å². The molecule has 0 saturated carbocycles. The molecule has 26 heavy (non-hydrogen) atoms. The van der Waals surface area contributed by atoms with Crippen molar-refractivity contribution in [1.29, 1.82) is 0 Å². The minimum absolute atomic E-state index is 0.643. The van der Waals surface area contributed by atoms with Crippen LogP contribution in [-0.2, 0) is 13.0 Å². The Hall–Kier alpha value is -3.13. The van der Waals surface area contributed by atoms with Crippen LogP contribution >= 0.6 is 0 Å². The molecule has 4 heterocycles. The van der Waals surface area contributed by atoms with Gasteiger partial charge in [0.2, 0.25) is 0 Å². The van der Waals surface area contributed by atoms with Crippen LogP contribution < -0.4 is 5.32 Å². The second kappa shape index (κ2) is 5.99. The number of imidazole rings is 1. The van der Waals surface area contributed by atoms with Crippen LogP contribution in [0.4, 0.5) is 0 Å². The molecule has 1 N–H and O–H groups in total. The SMILES string of the molecule is Cc1nc(-c2cn3c(n2)CCNCC3)n(-c2cnc3ccccc3n2)n1. The third kappa shape index (κ3) is 2.55. The molecule has 1 aliphatic heterocycles. The molecule has 0 amide bonds. The fourth-order valence-electron chi connectivity index (χ4n) is 3.27. The van der Waals surface area contributed by atoms with Crippen molar-refractivity contribution < 1.29 is 0 Å². The molecule has 4 aromatic rings. The summed E-state index contributed by atoms with van der Waals surface area (Å²) in [4.78, 5) is 18.6. The van der Waals surface area contributed by atoms with E-state index in [1.54, 1.807) is 10.9 Å². The quantitative estimate of drug-likeness (QED) is 0.592. The molecule has 1 aromatic carbocycles. The van der Waals surface area contributed by atoms with Crippen LogP contribution in [0.15, 0.2) is 36.7 Å². The number of nitrogens with one attached hydrogen (secondary N) is 1. The van der Waals surface area contributed by atoms with E-state index in [2.05, 4.69) is 31.1 Å². The van der Waals surface area contributed by atoms with Gasteiger partial charge in [0.05, 0.1) is 17.2 Å². The van der Waals surface area contributed by atoms with Gasteiger partial charge in [-0.3, -0.25) is 4.98 Å². The molecule has 8 heteroatoms. The number of fused-ring (bicyclic) bond motifs is 2. The van der Waals surface area contributed by atoms with Gasteiger partial charge in [-0.1, -0.05) is 12.1 Å². The topological polar surface area (TPSA) is 86.3 Å². The minimum Gasteiger partial charge on any atom is -0.333 e. The lowest BCUT2D eigenvalue weighted by Gasteiger charge is -2.04. The molecule has 8 nitrogen and oxygen atoms in total. The zero-order valence-electron chi connectivity index (χ0n) is 14.4. The Morgan fingerprint density at radius 2 is 1.92 bits per heavy atom. The van der Waals surface area contributed by atoms with Gasteiger partial charge in [-0.15, -0.1) is 5.10 Å². The number of para-hydroxylation sites is 2. The van der Waals surface area contributed by atoms with Crippen molar-refractivity contribution in [2.24, 2.45) is 0 Å². The lowest BCUT2D eigenvalue weighted by molar-refractivity contribution is 0.646. The van der Waals surface area contributed by atoms with Crippen molar-refractivity contribution in [2.75, 3.05) is 13.1 Å². The molecule has 130 valence electrons. The van der Waals surface area contributed by atoms with Gasteiger partial charge in [0.15, 0.2) is 11.6 Å². The van der Waals surface area contributed by atoms with Crippen molar-refractivity contribution >= 4 is 11.0 Å². The zero-order valence-corrected chi connectivity index (χ0v) is 14.4. The number of rotatable bonds is 2. The predicted molar refractivity (Wildman–Crippen MR) is 97.0 cm³/mol. The summed E-state index contributed by atoms with van der Waals surface area (Å²) in [5.41, 5.74) is 2.50. The van der Waals surface area contributed by atoms with Crippen LogP contribution in [0.1, 0.15) is 11.6 Å². The van der Waals surface area contributed by atoms with Gasteiger partial charge in [-0.25, -0.2) is 15.0 Å². The Morgan fingerprint density at radius 3 is 2.85 bits per heavy atom. The molecule has 0 atom stereocenters. The maximum absolute atomic E-state index is 4.79. The van der Waals surface area contributed by atoms with E-state index in [-0.39, 0.29) is 0 Å². The van der Waals surface area contributed by atoms with E-state index in [0.29, 0.717) is 17.5 Å². The van der Waals surface area contributed by atoms with Crippen LogP contribution in [-0.4, -0.2) is 47.4 Å². The van der Waals surface area contributed by atoms with Gasteiger partial charge in [-0.2, -0.15) is 4.68 Å². The third-order valence-corrected chi connectivity index (χ3v) is 4.51. The third-order valence-electron chi connectivity index (χ3n) is 4.51. The second-order valence-electron chi connectivity index (χ2n) is 6.35. The van der Waals surface area contributed by atoms with Crippen LogP contribution in [0.25, 0.3) is 28.4 Å². The summed E-state index contributed by atoms with van der Waals surface area (Å²) in [6.07, 6.45) is 4.69. The van der Waals surface area contributed by atoms with Gasteiger partial charge in [0, 0.05) is 32.3 Å². The maximum atomic E-state index is 4.79. The molecule has 0 saturated heterocycles. The van der Waals surface area contributed by atoms with Crippen LogP contribution in [0.5, 0.6) is 0 Å². The van der Waals surface area contributed by atoms with Gasteiger partial charge in [0.25, 0.3) is 0 Å². The fraction of sp³-hybridized carbons (Fsp3) is 0.278. The molecule has 5 rings (SSSR count). The summed E-state index contributed by atoms with van der Waals surface area (Å²) in [5, 5.41) is 7.92. The van der Waals surface area contributed by atoms with Crippen molar-refractivity contribution in [2.45, 2.75) is 19.9 Å². The van der Waals surface area contributed by atoms with Crippen molar-refractivity contribution in [3.63, 3.8) is 0 Å². The highest BCUT2D eigenvalue weighted by Gasteiger charge is 2.19. The Labute approximate surface area is 150 Å². The number of aromatic nitrogens is 7. The van der Waals surface area contributed by atoms with Gasteiger partial charge in [0.1, 0.15) is 17.3 Å². The van der Waals surface area contributed by atoms with E-state index in [0.717, 1.165) is 48.6 Å². The highest BCUT2D eigenvalue weighted by Crippen LogP contribution is 2.21. The summed E-state index contributed by atoms with van der Waals surface area (Å²) in [6, 6.07) is 7.80. The molecule has 0 radical (unpaired) electrons. The average Bonchev–Trinajstić information content (AvgIpc) is 3.18. The smallest absolute Gasteiger partial charge is 0.185 e. The van der Waals surface area contributed by atoms with Crippen LogP contribution in [0.2, 0.25) is 0 Å². The van der Waals surface area contributed by atoms with Crippen LogP contribution in [0.3, 0.4) is 0 Å². The van der Waals surface area contributed by atoms with Crippen molar-refractivity contribution in [1.82, 2.24) is 39.6 Å². The normalized spacial score (nSPS) is 14.3. The van der Waals surface area contributed by atoms with Crippen molar-refractivity contribution in [3.05, 3.63) is 48.3 Å². The number of benzene rings is 1. The number of nitrogens with zero attached hydrogens (tertiary/aromatic N) is 7. The lowest BCUT2D eigenvalue weighted by Crippen LogP contribution is -2.17. The van der Waals surface area contributed by atoms with E-state index in [9.17, 15) is 0 Å². The summed E-state index contributed by atoms with van der Waals surface area (Å²) < 4.78 is 3.92. The standard InChI is InChI=1S/C18H18N8/c1-12-21-18(15-11-25-9-8-19-7-6-16(25)23-15)26(24-12)17-10-20-13-4-2-3-5-14(13)22-17/h2-5,10-11,19H,6-9H2,1H3. The molecule has 0 aliphatic carbocycles. The van der Waals surface area contributed by atoms with E-state index in [1.165, 1.54) is 0 Å². The van der Waals surface area contributed by atoms with Gasteiger partial charge >= 0.3 is 0 Å². The largest absolute Gasteiger partial charge is 0.333 e. The molecule has 3 aromatic heterocycles. The second-order valence-corrected chi connectivity index (χ2v) is 6.35. The first-order chi connectivity index (χ1) is 12.8. The molecular weight excluding hydrogens is 328 g/mol.